The van der Waals surface area contributed by atoms with Crippen molar-refractivity contribution in [1.29, 1.82) is 5.26 Å². The van der Waals surface area contributed by atoms with Crippen molar-refractivity contribution in [3.63, 3.8) is 0 Å². The first-order valence-corrected chi connectivity index (χ1v) is 11.5. The highest BCUT2D eigenvalue weighted by atomic mass is 35.5. The van der Waals surface area contributed by atoms with Crippen LogP contribution in [-0.2, 0) is 4.79 Å². The van der Waals surface area contributed by atoms with E-state index in [9.17, 15) is 14.4 Å². The lowest BCUT2D eigenvalue weighted by atomic mass is 10.0. The van der Waals surface area contributed by atoms with Gasteiger partial charge in [-0.15, -0.1) is 16.4 Å². The molecule has 6 nitrogen and oxygen atoms in total. The SMILES string of the molecule is Cc1sc(NC(=O)CSc2n[nH]c(-c3ccc(Cl)cc3)n2)c(C#N)c1-c1ccc(F)cc1. The molecule has 0 aliphatic carbocycles. The number of rotatable bonds is 6. The number of aromatic amines is 1. The molecule has 0 fully saturated rings. The molecule has 0 atom stereocenters. The normalized spacial score (nSPS) is 10.7. The Kier molecular flexibility index (Phi) is 6.55. The summed E-state index contributed by atoms with van der Waals surface area (Å²) < 4.78 is 13.3. The first-order valence-electron chi connectivity index (χ1n) is 9.35. The van der Waals surface area contributed by atoms with E-state index in [2.05, 4.69) is 26.6 Å². The predicted octanol–water partition coefficient (Wildman–Crippen LogP) is 5.90. The maximum atomic E-state index is 13.3. The lowest BCUT2D eigenvalue weighted by Crippen LogP contribution is -2.14. The minimum Gasteiger partial charge on any atom is -0.316 e. The lowest BCUT2D eigenvalue weighted by molar-refractivity contribution is -0.113. The number of carbonyl (C=O) groups is 1. The van der Waals surface area contributed by atoms with E-state index in [1.165, 1.54) is 35.2 Å². The molecule has 0 aliphatic heterocycles. The molecular weight excluding hydrogens is 469 g/mol. The number of aromatic nitrogens is 3. The van der Waals surface area contributed by atoms with Crippen molar-refractivity contribution in [1.82, 2.24) is 15.2 Å². The van der Waals surface area contributed by atoms with Crippen molar-refractivity contribution in [2.24, 2.45) is 0 Å². The standard InChI is InChI=1S/C22H15ClFN5OS2/c1-12-19(13-4-8-16(24)9-5-13)17(10-25)21(32-12)26-18(30)11-31-22-27-20(28-29-22)14-2-6-15(23)7-3-14/h2-9H,11H2,1H3,(H,26,30)(H,27,28,29). The molecule has 4 aromatic rings. The Hall–Kier alpha value is -3.19. The van der Waals surface area contributed by atoms with Crippen molar-refractivity contribution >= 4 is 45.6 Å². The molecule has 160 valence electrons. The number of benzene rings is 2. The van der Waals surface area contributed by atoms with Crippen molar-refractivity contribution in [2.75, 3.05) is 11.1 Å². The number of hydrogen-bond donors (Lipinski definition) is 2. The van der Waals surface area contributed by atoms with E-state index < -0.39 is 0 Å². The number of nitrogens with zero attached hydrogens (tertiary/aromatic N) is 3. The van der Waals surface area contributed by atoms with Crippen LogP contribution in [0.4, 0.5) is 9.39 Å². The van der Waals surface area contributed by atoms with Crippen LogP contribution in [0.5, 0.6) is 0 Å². The smallest absolute Gasteiger partial charge is 0.235 e. The molecule has 1 amide bonds. The van der Waals surface area contributed by atoms with E-state index >= 15 is 0 Å². The average Bonchev–Trinajstić information content (AvgIpc) is 3.37. The molecule has 2 N–H and O–H groups in total. The molecule has 10 heteroatoms. The van der Waals surface area contributed by atoms with Gasteiger partial charge in [-0.25, -0.2) is 9.37 Å². The van der Waals surface area contributed by atoms with Gasteiger partial charge in [0.1, 0.15) is 16.9 Å². The Labute approximate surface area is 196 Å². The second-order valence-electron chi connectivity index (χ2n) is 6.67. The van der Waals surface area contributed by atoms with Crippen LogP contribution in [0, 0.1) is 24.1 Å². The van der Waals surface area contributed by atoms with Crippen LogP contribution in [0.25, 0.3) is 22.5 Å². The van der Waals surface area contributed by atoms with Crippen LogP contribution in [0.15, 0.2) is 53.7 Å². The van der Waals surface area contributed by atoms with E-state index in [1.54, 1.807) is 24.3 Å². The number of aryl methyl sites for hydroxylation is 1. The van der Waals surface area contributed by atoms with Crippen LogP contribution in [0.1, 0.15) is 10.4 Å². The van der Waals surface area contributed by atoms with Crippen LogP contribution >= 0.6 is 34.7 Å². The van der Waals surface area contributed by atoms with Gasteiger partial charge in [0.2, 0.25) is 11.1 Å². The molecule has 2 aromatic heterocycles. The minimum absolute atomic E-state index is 0.0750. The van der Waals surface area contributed by atoms with Gasteiger partial charge < -0.3 is 5.32 Å². The molecular formula is C22H15ClFN5OS2. The third kappa shape index (κ3) is 4.83. The Morgan fingerprint density at radius 1 is 1.22 bits per heavy atom. The third-order valence-electron chi connectivity index (χ3n) is 4.50. The monoisotopic (exact) mass is 483 g/mol. The zero-order chi connectivity index (χ0) is 22.7. The molecule has 32 heavy (non-hydrogen) atoms. The van der Waals surface area contributed by atoms with E-state index in [1.807, 2.05) is 19.1 Å². The van der Waals surface area contributed by atoms with Gasteiger partial charge in [-0.3, -0.25) is 9.89 Å². The molecule has 4 rings (SSSR count). The predicted molar refractivity (Wildman–Crippen MR) is 125 cm³/mol. The number of thioether (sulfide) groups is 1. The summed E-state index contributed by atoms with van der Waals surface area (Å²) in [5.41, 5.74) is 2.61. The van der Waals surface area contributed by atoms with Gasteiger partial charge in [-0.2, -0.15) is 5.26 Å². The number of nitrogens with one attached hydrogen (secondary N) is 2. The number of nitriles is 1. The fourth-order valence-corrected chi connectivity index (χ4v) is 4.81. The largest absolute Gasteiger partial charge is 0.316 e. The second-order valence-corrected chi connectivity index (χ2v) is 9.27. The molecule has 0 bridgehead atoms. The number of halogens is 2. The maximum absolute atomic E-state index is 13.3. The summed E-state index contributed by atoms with van der Waals surface area (Å²) in [6.07, 6.45) is 0. The highest BCUT2D eigenvalue weighted by Crippen LogP contribution is 2.39. The zero-order valence-electron chi connectivity index (χ0n) is 16.6. The van der Waals surface area contributed by atoms with Crippen LogP contribution in [-0.4, -0.2) is 26.8 Å². The Bertz CT molecular complexity index is 1310. The first-order chi connectivity index (χ1) is 15.4. The number of amides is 1. The Morgan fingerprint density at radius 3 is 2.59 bits per heavy atom. The first kappa shape index (κ1) is 22.0. The summed E-state index contributed by atoms with van der Waals surface area (Å²) in [6.45, 7) is 1.86. The molecule has 0 aliphatic rings. The fourth-order valence-electron chi connectivity index (χ4n) is 3.04. The lowest BCUT2D eigenvalue weighted by Gasteiger charge is -2.04. The molecule has 2 aromatic carbocycles. The summed E-state index contributed by atoms with van der Waals surface area (Å²) in [7, 11) is 0. The van der Waals surface area contributed by atoms with Gasteiger partial charge in [-0.1, -0.05) is 35.5 Å². The Morgan fingerprint density at radius 2 is 1.91 bits per heavy atom. The van der Waals surface area contributed by atoms with E-state index in [4.69, 9.17) is 11.6 Å². The number of thiophene rings is 1. The molecule has 0 radical (unpaired) electrons. The topological polar surface area (TPSA) is 94.5 Å². The van der Waals surface area contributed by atoms with Crippen LogP contribution in [0.3, 0.4) is 0 Å². The number of H-pyrrole nitrogens is 1. The molecule has 0 spiro atoms. The van der Waals surface area contributed by atoms with Gasteiger partial charge in [0.05, 0.1) is 11.3 Å². The summed E-state index contributed by atoms with van der Waals surface area (Å²) in [5, 5.41) is 21.0. The van der Waals surface area contributed by atoms with Crippen LogP contribution < -0.4 is 5.32 Å². The Balaban J connectivity index is 1.44. The second kappa shape index (κ2) is 9.53. The maximum Gasteiger partial charge on any atom is 0.235 e. The van der Waals surface area contributed by atoms with E-state index in [0.717, 1.165) is 16.0 Å². The number of hydrogen-bond acceptors (Lipinski definition) is 6. The molecule has 0 unspecified atom stereocenters. The van der Waals surface area contributed by atoms with Crippen molar-refractivity contribution < 1.29 is 9.18 Å². The quantitative estimate of drug-likeness (QED) is 0.333. The van der Waals surface area contributed by atoms with E-state index in [-0.39, 0.29) is 17.5 Å². The van der Waals surface area contributed by atoms with Crippen molar-refractivity contribution in [2.45, 2.75) is 12.1 Å². The molecule has 2 heterocycles. The number of carbonyl (C=O) groups excluding carboxylic acids is 1. The molecule has 0 saturated heterocycles. The van der Waals surface area contributed by atoms with Gasteiger partial charge in [0.15, 0.2) is 5.82 Å². The third-order valence-corrected chi connectivity index (χ3v) is 6.62. The van der Waals surface area contributed by atoms with Crippen molar-refractivity contribution in [3.8, 4) is 28.6 Å². The van der Waals surface area contributed by atoms with Gasteiger partial charge in [0.25, 0.3) is 0 Å². The van der Waals surface area contributed by atoms with Crippen LogP contribution in [0.2, 0.25) is 5.02 Å². The number of anilines is 1. The molecule has 0 saturated carbocycles. The zero-order valence-corrected chi connectivity index (χ0v) is 19.0. The fraction of sp³-hybridized carbons (Fsp3) is 0.0909. The highest BCUT2D eigenvalue weighted by Gasteiger charge is 2.19. The van der Waals surface area contributed by atoms with E-state index in [0.29, 0.717) is 32.1 Å². The summed E-state index contributed by atoms with van der Waals surface area (Å²) in [4.78, 5) is 17.7. The van der Waals surface area contributed by atoms with Gasteiger partial charge >= 0.3 is 0 Å². The minimum atomic E-state index is -0.350. The van der Waals surface area contributed by atoms with Gasteiger partial charge in [0, 0.05) is 21.0 Å². The summed E-state index contributed by atoms with van der Waals surface area (Å²) >= 11 is 8.39. The van der Waals surface area contributed by atoms with Gasteiger partial charge in [-0.05, 0) is 48.9 Å². The highest BCUT2D eigenvalue weighted by molar-refractivity contribution is 7.99. The average molecular weight is 484 g/mol. The summed E-state index contributed by atoms with van der Waals surface area (Å²) in [6, 6.07) is 15.3. The summed E-state index contributed by atoms with van der Waals surface area (Å²) in [5.74, 6) is 0.0216. The van der Waals surface area contributed by atoms with Crippen molar-refractivity contribution in [3.05, 3.63) is 69.8 Å².